The van der Waals surface area contributed by atoms with E-state index in [4.69, 9.17) is 29.4 Å². The average Bonchev–Trinajstić information content (AvgIpc) is 3.02. The first-order valence-corrected chi connectivity index (χ1v) is 23.4. The third-order valence-electron chi connectivity index (χ3n) is 5.64. The van der Waals surface area contributed by atoms with Crippen LogP contribution in [0.2, 0.25) is 0 Å². The highest BCUT2D eigenvalue weighted by Crippen LogP contribution is 2.37. The molecule has 1 unspecified atom stereocenters. The molecule has 0 aliphatic heterocycles. The molecule has 0 radical (unpaired) electrons. The lowest BCUT2D eigenvalue weighted by atomic mass is 10.3. The molecule has 0 aliphatic carbocycles. The monoisotopic (exact) mass is 828 g/mol. The number of aromatic hydroxyl groups is 3. The van der Waals surface area contributed by atoms with Crippen LogP contribution < -0.4 is 0 Å². The van der Waals surface area contributed by atoms with E-state index in [0.29, 0.717) is 22.9 Å². The molecule has 0 aromatic heterocycles. The first-order valence-electron chi connectivity index (χ1n) is 14.4. The van der Waals surface area contributed by atoms with Gasteiger partial charge in [0.15, 0.2) is 9.84 Å². The van der Waals surface area contributed by atoms with Crippen LogP contribution in [0.1, 0.15) is 19.3 Å². The molecule has 0 aliphatic rings. The fourth-order valence-electron chi connectivity index (χ4n) is 3.44. The molecule has 0 heterocycles. The summed E-state index contributed by atoms with van der Waals surface area (Å²) in [6.45, 7) is 0. The maximum absolute atomic E-state index is 11.8. The number of allylic oxidation sites excluding steroid dienone is 3. The minimum absolute atomic E-state index is 0.0372. The first-order chi connectivity index (χ1) is 23.6. The van der Waals surface area contributed by atoms with E-state index in [1.807, 2.05) is 6.07 Å². The SMILES string of the molecule is O=P(O)(O)/C=C/CCS(=O)(=O)c1ccccc1O.O=P(O)(O)/C=C/CCSc1ccccc1O.O=S(CC/C=C/P(=O)(O)O)c1ccccc1O. The van der Waals surface area contributed by atoms with Crippen LogP contribution in [-0.4, -0.2) is 74.6 Å². The Morgan fingerprint density at radius 2 is 1.06 bits per heavy atom. The highest BCUT2D eigenvalue weighted by Gasteiger charge is 2.17. The van der Waals surface area contributed by atoms with Gasteiger partial charge in [-0.1, -0.05) is 54.6 Å². The molecule has 0 bridgehead atoms. The van der Waals surface area contributed by atoms with Crippen LogP contribution >= 0.6 is 34.5 Å². The van der Waals surface area contributed by atoms with Crippen molar-refractivity contribution < 1.29 is 71.0 Å². The Balaban J connectivity index is 0.000000383. The van der Waals surface area contributed by atoms with Gasteiger partial charge in [-0.25, -0.2) is 8.42 Å². The quantitative estimate of drug-likeness (QED) is 0.0527. The molecule has 0 spiro atoms. The van der Waals surface area contributed by atoms with Gasteiger partial charge in [-0.2, -0.15) is 0 Å². The van der Waals surface area contributed by atoms with Crippen LogP contribution in [0.15, 0.2) is 123 Å². The van der Waals surface area contributed by atoms with Crippen molar-refractivity contribution in [3.63, 3.8) is 0 Å². The molecular formula is C30H39O15P3S3. The number of hydrogen-bond donors (Lipinski definition) is 9. The second-order valence-corrected chi connectivity index (χ2v) is 19.1. The Labute approximate surface area is 302 Å². The molecule has 3 rings (SSSR count). The van der Waals surface area contributed by atoms with Gasteiger partial charge in [0, 0.05) is 33.9 Å². The van der Waals surface area contributed by atoms with E-state index in [9.17, 15) is 41.6 Å². The fourth-order valence-corrected chi connectivity index (χ4v) is 8.02. The molecule has 0 saturated carbocycles. The number of hydrogen-bond acceptors (Lipinski definition) is 10. The predicted molar refractivity (Wildman–Crippen MR) is 196 cm³/mol. The molecule has 282 valence electrons. The summed E-state index contributed by atoms with van der Waals surface area (Å²) in [5.74, 6) is 2.73. The van der Waals surface area contributed by atoms with E-state index >= 15 is 0 Å². The van der Waals surface area contributed by atoms with Gasteiger partial charge in [-0.15, -0.1) is 11.8 Å². The maximum atomic E-state index is 11.8. The molecule has 9 N–H and O–H groups in total. The van der Waals surface area contributed by atoms with E-state index in [0.717, 1.165) is 22.6 Å². The van der Waals surface area contributed by atoms with Crippen LogP contribution in [0.25, 0.3) is 0 Å². The van der Waals surface area contributed by atoms with Crippen molar-refractivity contribution in [2.45, 2.75) is 33.9 Å². The number of benzene rings is 3. The Bertz CT molecular complexity index is 1910. The van der Waals surface area contributed by atoms with Crippen LogP contribution in [0.4, 0.5) is 0 Å². The third-order valence-corrected chi connectivity index (χ3v) is 11.8. The Morgan fingerprint density at radius 3 is 1.57 bits per heavy atom. The lowest BCUT2D eigenvalue weighted by molar-refractivity contribution is 0.384. The lowest BCUT2D eigenvalue weighted by Crippen LogP contribution is -2.06. The summed E-state index contributed by atoms with van der Waals surface area (Å²) in [5.41, 5.74) is 0. The van der Waals surface area contributed by atoms with E-state index < -0.39 is 43.4 Å². The van der Waals surface area contributed by atoms with Gasteiger partial charge < -0.3 is 44.7 Å². The minimum Gasteiger partial charge on any atom is -0.507 e. The van der Waals surface area contributed by atoms with Crippen molar-refractivity contribution in [2.24, 2.45) is 0 Å². The molecular weight excluding hydrogens is 789 g/mol. The van der Waals surface area contributed by atoms with Crippen molar-refractivity contribution in [1.29, 1.82) is 0 Å². The van der Waals surface area contributed by atoms with E-state index in [2.05, 4.69) is 0 Å². The van der Waals surface area contributed by atoms with Crippen LogP contribution in [0, 0.1) is 0 Å². The minimum atomic E-state index is -4.25. The topological polar surface area (TPSA) is 284 Å². The van der Waals surface area contributed by atoms with Crippen LogP contribution in [0.5, 0.6) is 17.2 Å². The van der Waals surface area contributed by atoms with Crippen LogP contribution in [0.3, 0.4) is 0 Å². The van der Waals surface area contributed by atoms with Gasteiger partial charge in [-0.3, -0.25) is 17.9 Å². The molecule has 15 nitrogen and oxygen atoms in total. The average molecular weight is 829 g/mol. The highest BCUT2D eigenvalue weighted by atomic mass is 32.2. The van der Waals surface area contributed by atoms with Gasteiger partial charge in [0.2, 0.25) is 0 Å². The van der Waals surface area contributed by atoms with Gasteiger partial charge in [-0.05, 0) is 55.7 Å². The zero-order valence-electron chi connectivity index (χ0n) is 26.7. The summed E-state index contributed by atoms with van der Waals surface area (Å²) < 4.78 is 66.8. The largest absolute Gasteiger partial charge is 0.507 e. The van der Waals surface area contributed by atoms with Gasteiger partial charge in [0.05, 0.1) is 21.4 Å². The summed E-state index contributed by atoms with van der Waals surface area (Å²) in [7, 11) is -17.5. The predicted octanol–water partition coefficient (Wildman–Crippen LogP) is 5.39. The smallest absolute Gasteiger partial charge is 0.348 e. The number of sulfone groups is 1. The Kier molecular flexibility index (Phi) is 20.2. The number of rotatable bonds is 15. The van der Waals surface area contributed by atoms with Crippen molar-refractivity contribution in [1.82, 2.24) is 0 Å². The molecule has 3 aromatic rings. The molecule has 1 atom stereocenters. The number of phenols is 3. The lowest BCUT2D eigenvalue weighted by Gasteiger charge is -2.04. The molecule has 3 aromatic carbocycles. The Hall–Kier alpha value is -2.82. The summed E-state index contributed by atoms with van der Waals surface area (Å²) in [5, 5.41) is 28.3. The van der Waals surface area contributed by atoms with Gasteiger partial charge >= 0.3 is 22.8 Å². The molecule has 0 fully saturated rings. The zero-order valence-corrected chi connectivity index (χ0v) is 31.8. The molecule has 0 amide bonds. The second kappa shape index (κ2) is 22.3. The van der Waals surface area contributed by atoms with Crippen molar-refractivity contribution >= 4 is 55.2 Å². The number of para-hydroxylation sites is 3. The molecule has 0 saturated heterocycles. The molecule has 21 heteroatoms. The van der Waals surface area contributed by atoms with Gasteiger partial charge in [0.25, 0.3) is 0 Å². The highest BCUT2D eigenvalue weighted by molar-refractivity contribution is 7.99. The van der Waals surface area contributed by atoms with E-state index in [1.54, 1.807) is 36.4 Å². The second-order valence-electron chi connectivity index (χ2n) is 9.91. The van der Waals surface area contributed by atoms with Crippen LogP contribution in [-0.2, 0) is 34.3 Å². The van der Waals surface area contributed by atoms with Crippen molar-refractivity contribution in [2.75, 3.05) is 17.3 Å². The standard InChI is InChI=1S/C10H13O6PS.C10H13O5PS.C10H13O4PS/c11-9-5-1-2-6-10(9)18(15,16)8-4-3-7-17(12,13)14;11-9-5-1-2-6-10(9)17(15)8-4-3-7-16(12,13)14;11-9-5-1-2-6-10(9)16-8-4-3-7-15(12,13)14/h1-3,5-7,11H,4,8H2,(H2,12,13,14);1-3,5-7,11H,4,8H2,(H2,12,13,14);1-3,5-7,11H,4,8H2,(H2,12,13,14)/b3*7-3+. The van der Waals surface area contributed by atoms with E-state index in [-0.39, 0.29) is 46.5 Å². The summed E-state index contributed by atoms with van der Waals surface area (Å²) >= 11 is 1.44. The summed E-state index contributed by atoms with van der Waals surface area (Å²) in [6.07, 6.45) is 4.63. The number of thioether (sulfide) groups is 1. The zero-order chi connectivity index (χ0) is 38.7. The first kappa shape index (κ1) is 46.2. The van der Waals surface area contributed by atoms with Gasteiger partial charge in [0.1, 0.15) is 22.1 Å². The normalized spacial score (nSPS) is 13.1. The summed E-state index contributed by atoms with van der Waals surface area (Å²) in [6, 6.07) is 18.8. The van der Waals surface area contributed by atoms with Crippen molar-refractivity contribution in [3.05, 3.63) is 108 Å². The Morgan fingerprint density at radius 1 is 0.608 bits per heavy atom. The fraction of sp³-hybridized carbons (Fsp3) is 0.200. The molecule has 51 heavy (non-hydrogen) atoms. The third kappa shape index (κ3) is 22.0. The number of phenolic OH excluding ortho intramolecular Hbond substituents is 3. The van der Waals surface area contributed by atoms with Crippen molar-refractivity contribution in [3.8, 4) is 17.2 Å². The summed E-state index contributed by atoms with van der Waals surface area (Å²) in [4.78, 5) is 52.2. The van der Waals surface area contributed by atoms with E-state index in [1.165, 1.54) is 54.2 Å². The maximum Gasteiger partial charge on any atom is 0.348 e.